The van der Waals surface area contributed by atoms with E-state index < -0.39 is 40.4 Å². The van der Waals surface area contributed by atoms with Gasteiger partial charge in [-0.1, -0.05) is 78.9 Å². The van der Waals surface area contributed by atoms with Crippen molar-refractivity contribution in [1.29, 1.82) is 0 Å². The lowest BCUT2D eigenvalue weighted by atomic mass is 10.00. The van der Waals surface area contributed by atoms with Gasteiger partial charge < -0.3 is 21.1 Å². The Bertz CT molecular complexity index is 1780. The van der Waals surface area contributed by atoms with Crippen LogP contribution in [-0.4, -0.2) is 49.8 Å². The van der Waals surface area contributed by atoms with E-state index >= 15 is 0 Å². The van der Waals surface area contributed by atoms with E-state index in [1.54, 1.807) is 12.1 Å². The summed E-state index contributed by atoms with van der Waals surface area (Å²) < 4.78 is 53.5. The Labute approximate surface area is 279 Å². The summed E-state index contributed by atoms with van der Waals surface area (Å²) in [6.45, 7) is 3.51. The molecule has 9 nitrogen and oxygen atoms in total. The van der Waals surface area contributed by atoms with Crippen molar-refractivity contribution in [2.75, 3.05) is 17.0 Å². The Morgan fingerprint density at radius 1 is 0.771 bits per heavy atom. The largest absolute Gasteiger partial charge is 0.390 e. The molecule has 4 aromatic rings. The van der Waals surface area contributed by atoms with Gasteiger partial charge in [0.25, 0.3) is 18.2 Å². The van der Waals surface area contributed by atoms with E-state index in [9.17, 15) is 31.9 Å². The molecule has 254 valence electrons. The van der Waals surface area contributed by atoms with Crippen molar-refractivity contribution in [2.24, 2.45) is 0 Å². The number of sulfonamides is 1. The van der Waals surface area contributed by atoms with E-state index in [0.717, 1.165) is 11.1 Å². The second-order valence-corrected chi connectivity index (χ2v) is 13.4. The minimum absolute atomic E-state index is 0.00542. The molecular formula is C36H40F2N4O5S. The van der Waals surface area contributed by atoms with Crippen molar-refractivity contribution in [3.05, 3.63) is 137 Å². The zero-order valence-corrected chi connectivity index (χ0v) is 27.5. The summed E-state index contributed by atoms with van der Waals surface area (Å²) in [4.78, 5) is 27.1. The van der Waals surface area contributed by atoms with E-state index in [4.69, 9.17) is 0 Å². The fourth-order valence-electron chi connectivity index (χ4n) is 5.05. The predicted octanol–water partition coefficient (Wildman–Crippen LogP) is 5.37. The van der Waals surface area contributed by atoms with Crippen LogP contribution in [0.4, 0.5) is 14.5 Å². The zero-order valence-electron chi connectivity index (χ0n) is 26.7. The van der Waals surface area contributed by atoms with Crippen LogP contribution in [0.3, 0.4) is 0 Å². The van der Waals surface area contributed by atoms with Crippen molar-refractivity contribution >= 4 is 27.5 Å². The van der Waals surface area contributed by atoms with Crippen LogP contribution in [0.5, 0.6) is 0 Å². The number of carbonyl (C=O) groups is 2. The Morgan fingerprint density at radius 2 is 1.35 bits per heavy atom. The standard InChI is InChI=1S/C36H40F2N4O5S/c1-3-48(46,47)42-31-20-29(35(44)40-24(2)27-14-8-5-9-15-27)19-30(21-31)36(45)41-32(18-25-11-6-4-7-12-25)33(43)23-39-22-26-13-10-16-28(17-26)34(37)38/h4-17,19-21,24,32-34,39,42-43H,3,18,22-23H2,1-2H3,(H,40,44)(H,41,45)/t24-,32+,33-/m1/s1. The van der Waals surface area contributed by atoms with Crippen LogP contribution in [0.1, 0.15) is 69.3 Å². The smallest absolute Gasteiger partial charge is 0.263 e. The number of halogens is 2. The second kappa shape index (κ2) is 17.0. The summed E-state index contributed by atoms with van der Waals surface area (Å²) >= 11 is 0. The maximum Gasteiger partial charge on any atom is 0.263 e. The van der Waals surface area contributed by atoms with Gasteiger partial charge >= 0.3 is 0 Å². The van der Waals surface area contributed by atoms with E-state index in [0.29, 0.717) is 5.56 Å². The van der Waals surface area contributed by atoms with Gasteiger partial charge in [0, 0.05) is 29.8 Å². The van der Waals surface area contributed by atoms with Gasteiger partial charge in [0.1, 0.15) is 0 Å². The summed E-state index contributed by atoms with van der Waals surface area (Å²) in [7, 11) is -3.74. The number of hydrogen-bond donors (Lipinski definition) is 5. The van der Waals surface area contributed by atoms with Gasteiger partial charge in [-0.25, -0.2) is 17.2 Å². The molecule has 0 aliphatic heterocycles. The van der Waals surface area contributed by atoms with E-state index in [2.05, 4.69) is 20.7 Å². The molecule has 0 saturated carbocycles. The van der Waals surface area contributed by atoms with E-state index in [1.165, 1.54) is 37.3 Å². The van der Waals surface area contributed by atoms with Crippen molar-refractivity contribution in [2.45, 2.75) is 51.4 Å². The molecule has 0 spiro atoms. The lowest BCUT2D eigenvalue weighted by Crippen LogP contribution is -2.48. The summed E-state index contributed by atoms with van der Waals surface area (Å²) in [5.74, 6) is -1.37. The molecule has 0 saturated heterocycles. The third-order valence-corrected chi connectivity index (χ3v) is 9.03. The number of amides is 2. The Balaban J connectivity index is 1.56. The summed E-state index contributed by atoms with van der Waals surface area (Å²) in [6.07, 6.45) is -3.46. The van der Waals surface area contributed by atoms with Crippen LogP contribution < -0.4 is 20.7 Å². The van der Waals surface area contributed by atoms with E-state index in [1.807, 2.05) is 67.6 Å². The third-order valence-electron chi connectivity index (χ3n) is 7.72. The average molecular weight is 679 g/mol. The number of aliphatic hydroxyl groups excluding tert-OH is 1. The molecule has 2 amide bonds. The lowest BCUT2D eigenvalue weighted by Gasteiger charge is -2.25. The highest BCUT2D eigenvalue weighted by Gasteiger charge is 2.24. The number of nitrogens with one attached hydrogen (secondary N) is 4. The molecule has 0 fully saturated rings. The fourth-order valence-corrected chi connectivity index (χ4v) is 5.68. The number of carbonyl (C=O) groups excluding carboxylic acids is 2. The second-order valence-electron chi connectivity index (χ2n) is 11.4. The molecule has 48 heavy (non-hydrogen) atoms. The van der Waals surface area contributed by atoms with Gasteiger partial charge in [-0.2, -0.15) is 0 Å². The highest BCUT2D eigenvalue weighted by atomic mass is 32.2. The summed E-state index contributed by atoms with van der Waals surface area (Å²) in [5.41, 5.74) is 2.32. The Hall–Kier alpha value is -4.65. The number of aliphatic hydroxyl groups is 1. The minimum atomic E-state index is -3.74. The summed E-state index contributed by atoms with van der Waals surface area (Å²) in [5, 5.41) is 20.0. The number of hydrogen-bond acceptors (Lipinski definition) is 6. The van der Waals surface area contributed by atoms with Gasteiger partial charge in [0.2, 0.25) is 10.0 Å². The number of alkyl halides is 2. The lowest BCUT2D eigenvalue weighted by molar-refractivity contribution is 0.0830. The molecule has 12 heteroatoms. The molecule has 0 aromatic heterocycles. The van der Waals surface area contributed by atoms with Gasteiger partial charge in [0.05, 0.1) is 29.6 Å². The minimum Gasteiger partial charge on any atom is -0.390 e. The van der Waals surface area contributed by atoms with Gasteiger partial charge in [0.15, 0.2) is 0 Å². The van der Waals surface area contributed by atoms with Crippen LogP contribution >= 0.6 is 0 Å². The monoisotopic (exact) mass is 678 g/mol. The first-order chi connectivity index (χ1) is 22.9. The van der Waals surface area contributed by atoms with Gasteiger partial charge in [-0.05, 0) is 61.2 Å². The van der Waals surface area contributed by atoms with E-state index in [-0.39, 0.29) is 53.7 Å². The Morgan fingerprint density at radius 3 is 1.98 bits per heavy atom. The van der Waals surface area contributed by atoms with Crippen molar-refractivity contribution in [3.63, 3.8) is 0 Å². The normalized spacial score (nSPS) is 13.4. The van der Waals surface area contributed by atoms with Crippen LogP contribution in [0.2, 0.25) is 0 Å². The predicted molar refractivity (Wildman–Crippen MR) is 182 cm³/mol. The molecule has 5 N–H and O–H groups in total. The highest BCUT2D eigenvalue weighted by Crippen LogP contribution is 2.21. The molecule has 0 aliphatic rings. The van der Waals surface area contributed by atoms with Crippen molar-refractivity contribution in [3.8, 4) is 0 Å². The first kappa shape index (κ1) is 36.2. The maximum atomic E-state index is 13.7. The topological polar surface area (TPSA) is 137 Å². The summed E-state index contributed by atoms with van der Waals surface area (Å²) in [6, 6.07) is 27.3. The van der Waals surface area contributed by atoms with Crippen LogP contribution in [0.15, 0.2) is 103 Å². The zero-order chi connectivity index (χ0) is 34.7. The number of rotatable bonds is 16. The Kier molecular flexibility index (Phi) is 12.8. The molecule has 4 aromatic carbocycles. The SMILES string of the molecule is CCS(=O)(=O)Nc1cc(C(=O)N[C@@H](Cc2ccccc2)[C@H](O)CNCc2cccc(C(F)F)c2)cc(C(=O)N[C@H](C)c2ccccc2)c1. The molecule has 0 radical (unpaired) electrons. The first-order valence-electron chi connectivity index (χ1n) is 15.6. The molecule has 0 bridgehead atoms. The first-order valence-corrected chi connectivity index (χ1v) is 17.2. The molecule has 0 heterocycles. The molecule has 3 atom stereocenters. The molecule has 0 unspecified atom stereocenters. The number of benzene rings is 4. The maximum absolute atomic E-state index is 13.7. The number of anilines is 1. The van der Waals surface area contributed by atoms with Crippen LogP contribution in [0, 0.1) is 0 Å². The third kappa shape index (κ3) is 10.7. The highest BCUT2D eigenvalue weighted by molar-refractivity contribution is 7.92. The van der Waals surface area contributed by atoms with Crippen molar-refractivity contribution in [1.82, 2.24) is 16.0 Å². The molecule has 0 aliphatic carbocycles. The van der Waals surface area contributed by atoms with Crippen LogP contribution in [-0.2, 0) is 23.0 Å². The van der Waals surface area contributed by atoms with Crippen molar-refractivity contribution < 1.29 is 31.9 Å². The fraction of sp³-hybridized carbons (Fsp3) is 0.278. The molecule has 4 rings (SSSR count). The van der Waals surface area contributed by atoms with Crippen LogP contribution in [0.25, 0.3) is 0 Å². The quantitative estimate of drug-likeness (QED) is 0.108. The molecular weight excluding hydrogens is 638 g/mol. The van der Waals surface area contributed by atoms with Gasteiger partial charge in [-0.15, -0.1) is 0 Å². The average Bonchev–Trinajstić information content (AvgIpc) is 3.08. The van der Waals surface area contributed by atoms with Gasteiger partial charge in [-0.3, -0.25) is 14.3 Å².